The van der Waals surface area contributed by atoms with E-state index in [1.54, 1.807) is 5.38 Å². The number of thiazole rings is 1. The maximum absolute atomic E-state index is 12.7. The molecular formula is C17H22N4O3S. The summed E-state index contributed by atoms with van der Waals surface area (Å²) in [4.78, 5) is 28.5. The fourth-order valence-corrected chi connectivity index (χ4v) is 3.24. The highest BCUT2D eigenvalue weighted by Crippen LogP contribution is 2.29. The summed E-state index contributed by atoms with van der Waals surface area (Å²) in [5.74, 6) is 4.15. The second kappa shape index (κ2) is 8.19. The summed E-state index contributed by atoms with van der Waals surface area (Å²) in [5, 5.41) is 1.74. The van der Waals surface area contributed by atoms with Crippen LogP contribution in [-0.4, -0.2) is 16.9 Å². The molecule has 0 spiro atoms. The van der Waals surface area contributed by atoms with Gasteiger partial charge in [0.1, 0.15) is 6.61 Å². The molecule has 2 rings (SSSR count). The predicted molar refractivity (Wildman–Crippen MR) is 95.3 cm³/mol. The number of hydrogen-bond donors (Lipinski definition) is 3. The summed E-state index contributed by atoms with van der Waals surface area (Å²) < 4.78 is 5.42. The van der Waals surface area contributed by atoms with Crippen LogP contribution in [0.3, 0.4) is 0 Å². The van der Waals surface area contributed by atoms with Gasteiger partial charge in [0.15, 0.2) is 10.5 Å². The van der Waals surface area contributed by atoms with Crippen LogP contribution in [0.4, 0.5) is 0 Å². The summed E-state index contributed by atoms with van der Waals surface area (Å²) in [5.41, 5.74) is 8.15. The molecule has 0 aliphatic heterocycles. The smallest absolute Gasteiger partial charge is 0.332 e. The van der Waals surface area contributed by atoms with Crippen LogP contribution in [0.25, 0.3) is 0 Å². The topological polar surface area (TPSA) is 120 Å². The second-order valence-electron chi connectivity index (χ2n) is 6.14. The van der Waals surface area contributed by atoms with E-state index in [1.165, 1.54) is 0 Å². The lowest BCUT2D eigenvalue weighted by molar-refractivity contribution is -0.153. The molecule has 0 radical (unpaired) electrons. The molecule has 0 aliphatic rings. The summed E-state index contributed by atoms with van der Waals surface area (Å²) >= 11 is 1.08. The molecule has 134 valence electrons. The Hall–Kier alpha value is -2.29. The van der Waals surface area contributed by atoms with E-state index < -0.39 is 17.4 Å². The lowest BCUT2D eigenvalue weighted by atomic mass is 9.87. The minimum atomic E-state index is -1.42. The highest BCUT2D eigenvalue weighted by Gasteiger charge is 2.41. The lowest BCUT2D eigenvalue weighted by Gasteiger charge is -2.27. The van der Waals surface area contributed by atoms with E-state index >= 15 is 0 Å². The van der Waals surface area contributed by atoms with Crippen molar-refractivity contribution in [3.63, 3.8) is 0 Å². The van der Waals surface area contributed by atoms with E-state index in [9.17, 15) is 9.59 Å². The summed E-state index contributed by atoms with van der Waals surface area (Å²) in [6.45, 7) is 4.02. The van der Waals surface area contributed by atoms with Crippen molar-refractivity contribution in [3.8, 4) is 0 Å². The molecule has 0 bridgehead atoms. The van der Waals surface area contributed by atoms with Gasteiger partial charge in [-0.15, -0.1) is 11.3 Å². The first kappa shape index (κ1) is 19.0. The Kier molecular flexibility index (Phi) is 6.24. The van der Waals surface area contributed by atoms with Gasteiger partial charge in [0.25, 0.3) is 5.91 Å². The molecule has 25 heavy (non-hydrogen) atoms. The number of nitrogens with two attached hydrogens (primary N) is 2. The third kappa shape index (κ3) is 4.62. The monoisotopic (exact) mass is 362 g/mol. The van der Waals surface area contributed by atoms with Crippen molar-refractivity contribution >= 4 is 23.2 Å². The van der Waals surface area contributed by atoms with Crippen LogP contribution >= 0.6 is 11.3 Å². The van der Waals surface area contributed by atoms with Crippen molar-refractivity contribution in [2.45, 2.75) is 32.4 Å². The summed E-state index contributed by atoms with van der Waals surface area (Å²) in [6.07, 6.45) is 0.341. The van der Waals surface area contributed by atoms with Gasteiger partial charge in [-0.05, 0) is 17.9 Å². The first-order valence-electron chi connectivity index (χ1n) is 7.83. The quantitative estimate of drug-likeness (QED) is 0.298. The van der Waals surface area contributed by atoms with Gasteiger partial charge < -0.3 is 10.5 Å². The molecule has 0 saturated carbocycles. The molecule has 1 atom stereocenters. The fourth-order valence-electron chi connectivity index (χ4n) is 2.43. The maximum Gasteiger partial charge on any atom is 0.332 e. The third-order valence-corrected chi connectivity index (χ3v) is 4.43. The van der Waals surface area contributed by atoms with Crippen LogP contribution in [-0.2, 0) is 21.7 Å². The number of nitrogens with one attached hydrogen (secondary N) is 1. The number of amides is 1. The SMILES string of the molecule is CC(C)CC(N)(C(=O)OCc1ccccc1)c1csc(C(=O)NN)n1. The first-order chi connectivity index (χ1) is 11.9. The van der Waals surface area contributed by atoms with Crippen molar-refractivity contribution in [3.05, 3.63) is 52.0 Å². The van der Waals surface area contributed by atoms with Gasteiger partial charge in [0.2, 0.25) is 0 Å². The van der Waals surface area contributed by atoms with E-state index in [-0.39, 0.29) is 17.5 Å². The number of ether oxygens (including phenoxy) is 1. The number of carbonyl (C=O) groups is 2. The van der Waals surface area contributed by atoms with Crippen LogP contribution in [0.15, 0.2) is 35.7 Å². The lowest BCUT2D eigenvalue weighted by Crippen LogP contribution is -2.47. The van der Waals surface area contributed by atoms with E-state index in [4.69, 9.17) is 16.3 Å². The predicted octanol–water partition coefficient (Wildman–Crippen LogP) is 1.69. The molecular weight excluding hydrogens is 340 g/mol. The number of nitrogens with zero attached hydrogens (tertiary/aromatic N) is 1. The number of hydrogen-bond acceptors (Lipinski definition) is 7. The van der Waals surface area contributed by atoms with Crippen LogP contribution in [0.2, 0.25) is 0 Å². The van der Waals surface area contributed by atoms with E-state index in [1.807, 2.05) is 49.6 Å². The van der Waals surface area contributed by atoms with Gasteiger partial charge in [-0.3, -0.25) is 10.2 Å². The largest absolute Gasteiger partial charge is 0.459 e. The molecule has 1 aromatic carbocycles. The Labute approximate surface area is 150 Å². The molecule has 1 amide bonds. The van der Waals surface area contributed by atoms with Crippen molar-refractivity contribution in [2.75, 3.05) is 0 Å². The standard InChI is InChI=1S/C17H22N4O3S/c1-11(2)8-17(18,13-10-25-15(20-13)14(22)21-19)16(23)24-9-12-6-4-3-5-7-12/h3-7,10-11H,8-9,18-19H2,1-2H3,(H,21,22). The van der Waals surface area contributed by atoms with Crippen LogP contribution < -0.4 is 17.0 Å². The molecule has 5 N–H and O–H groups in total. The van der Waals surface area contributed by atoms with Gasteiger partial charge in [0, 0.05) is 5.38 Å². The normalized spacial score (nSPS) is 13.3. The van der Waals surface area contributed by atoms with E-state index in [0.29, 0.717) is 12.1 Å². The molecule has 1 unspecified atom stereocenters. The zero-order valence-electron chi connectivity index (χ0n) is 14.2. The van der Waals surface area contributed by atoms with Crippen molar-refractivity contribution in [2.24, 2.45) is 17.5 Å². The van der Waals surface area contributed by atoms with E-state index in [2.05, 4.69) is 4.98 Å². The Morgan fingerprint density at radius 3 is 2.60 bits per heavy atom. The number of carbonyl (C=O) groups excluding carboxylic acids is 2. The van der Waals surface area contributed by atoms with E-state index in [0.717, 1.165) is 16.9 Å². The van der Waals surface area contributed by atoms with Gasteiger partial charge in [0.05, 0.1) is 5.69 Å². The minimum absolute atomic E-state index is 0.122. The number of nitrogen functional groups attached to an aromatic ring is 1. The molecule has 2 aromatic rings. The average molecular weight is 362 g/mol. The average Bonchev–Trinajstić information content (AvgIpc) is 3.10. The van der Waals surface area contributed by atoms with Crippen molar-refractivity contribution in [1.82, 2.24) is 10.4 Å². The molecule has 7 nitrogen and oxygen atoms in total. The molecule has 8 heteroatoms. The van der Waals surface area contributed by atoms with Gasteiger partial charge in [-0.1, -0.05) is 44.2 Å². The molecule has 1 heterocycles. The summed E-state index contributed by atoms with van der Waals surface area (Å²) in [7, 11) is 0. The Morgan fingerprint density at radius 1 is 1.32 bits per heavy atom. The number of hydrazine groups is 1. The fraction of sp³-hybridized carbons (Fsp3) is 0.353. The number of aromatic nitrogens is 1. The highest BCUT2D eigenvalue weighted by atomic mass is 32.1. The van der Waals surface area contributed by atoms with Crippen LogP contribution in [0.1, 0.15) is 41.3 Å². The first-order valence-corrected chi connectivity index (χ1v) is 8.71. The zero-order chi connectivity index (χ0) is 18.4. The molecule has 1 aromatic heterocycles. The molecule has 0 saturated heterocycles. The number of esters is 1. The Bertz CT molecular complexity index is 733. The number of benzene rings is 1. The maximum atomic E-state index is 12.7. The molecule has 0 aliphatic carbocycles. The Morgan fingerprint density at radius 2 is 2.00 bits per heavy atom. The van der Waals surface area contributed by atoms with Gasteiger partial charge in [-0.25, -0.2) is 15.6 Å². The van der Waals surface area contributed by atoms with Gasteiger partial charge >= 0.3 is 5.97 Å². The molecule has 0 fully saturated rings. The van der Waals surface area contributed by atoms with Crippen LogP contribution in [0, 0.1) is 5.92 Å². The van der Waals surface area contributed by atoms with Gasteiger partial charge in [-0.2, -0.15) is 0 Å². The zero-order valence-corrected chi connectivity index (χ0v) is 15.0. The second-order valence-corrected chi connectivity index (χ2v) is 7.00. The van der Waals surface area contributed by atoms with Crippen molar-refractivity contribution in [1.29, 1.82) is 0 Å². The highest BCUT2D eigenvalue weighted by molar-refractivity contribution is 7.11. The number of rotatable bonds is 7. The summed E-state index contributed by atoms with van der Waals surface area (Å²) in [6, 6.07) is 9.34. The van der Waals surface area contributed by atoms with Crippen LogP contribution in [0.5, 0.6) is 0 Å². The minimum Gasteiger partial charge on any atom is -0.459 e. The third-order valence-electron chi connectivity index (χ3n) is 3.59. The van der Waals surface area contributed by atoms with Crippen molar-refractivity contribution < 1.29 is 14.3 Å². The Balaban J connectivity index is 2.22.